The van der Waals surface area contributed by atoms with E-state index in [1.54, 1.807) is 0 Å². The van der Waals surface area contributed by atoms with E-state index in [4.69, 9.17) is 0 Å². The number of unbranched alkanes of at least 4 members (excludes halogenated alkanes) is 18. The van der Waals surface area contributed by atoms with Crippen LogP contribution in [0.3, 0.4) is 0 Å². The van der Waals surface area contributed by atoms with Crippen molar-refractivity contribution in [2.75, 3.05) is 26.2 Å². The van der Waals surface area contributed by atoms with Gasteiger partial charge >= 0.3 is 0 Å². The predicted molar refractivity (Wildman–Crippen MR) is 144 cm³/mol. The lowest BCUT2D eigenvalue weighted by Crippen LogP contribution is -3.00. The molecule has 0 aromatic rings. The molecule has 1 nitrogen and oxygen atoms in total. The van der Waals surface area contributed by atoms with Crippen LogP contribution < -0.4 is 17.0 Å². The summed E-state index contributed by atoms with van der Waals surface area (Å²) in [6, 6.07) is 0. The second-order valence-electron chi connectivity index (χ2n) is 10.6. The summed E-state index contributed by atoms with van der Waals surface area (Å²) >= 11 is 0. The monoisotopic (exact) mass is 517 g/mol. The van der Waals surface area contributed by atoms with Gasteiger partial charge in [0.05, 0.1) is 26.2 Å². The summed E-state index contributed by atoms with van der Waals surface area (Å²) in [6.45, 7) is 15.2. The topological polar surface area (TPSA) is 0 Å². The molecule has 0 aromatic heterocycles. The van der Waals surface area contributed by atoms with E-state index in [1.807, 2.05) is 0 Å². The summed E-state index contributed by atoms with van der Waals surface area (Å²) in [5.41, 5.74) is 0. The molecule has 2 heteroatoms. The molecule has 0 atom stereocenters. The minimum Gasteiger partial charge on any atom is -1.00 e. The zero-order chi connectivity index (χ0) is 22.9. The third-order valence-electron chi connectivity index (χ3n) is 7.44. The Balaban J connectivity index is 0. The fraction of sp³-hybridized carbons (Fsp3) is 1.00. The molecule has 0 fully saturated rings. The van der Waals surface area contributed by atoms with Crippen molar-refractivity contribution in [1.82, 2.24) is 0 Å². The summed E-state index contributed by atoms with van der Waals surface area (Å²) in [4.78, 5) is 0. The van der Waals surface area contributed by atoms with E-state index in [1.165, 1.54) is 172 Å². The van der Waals surface area contributed by atoms with Crippen LogP contribution >= 0.6 is 0 Å². The number of hydrogen-bond acceptors (Lipinski definition) is 0. The molecule has 0 radical (unpaired) electrons. The second-order valence-corrected chi connectivity index (χ2v) is 10.6. The van der Waals surface area contributed by atoms with E-state index >= 15 is 0 Å². The van der Waals surface area contributed by atoms with Gasteiger partial charge in [-0.3, -0.25) is 0 Å². The Bertz CT molecular complexity index is 309. The standard InChI is InChI=1S/C30H64N.BrH/c1-5-9-13-14-15-16-17-18-19-20-21-22-23-24-25-26-30-31(27-10-6-2,28-11-7-3)29-12-8-4;/h5-30H2,1-4H3;1H/q+1;/p-1. The van der Waals surface area contributed by atoms with Gasteiger partial charge in [-0.05, 0) is 32.1 Å². The first-order valence-corrected chi connectivity index (χ1v) is 15.1. The summed E-state index contributed by atoms with van der Waals surface area (Å²) in [5, 5.41) is 0. The van der Waals surface area contributed by atoms with E-state index in [0.717, 1.165) is 0 Å². The normalized spacial score (nSPS) is 11.6. The van der Waals surface area contributed by atoms with Gasteiger partial charge in [-0.15, -0.1) is 0 Å². The molecule has 196 valence electrons. The van der Waals surface area contributed by atoms with E-state index < -0.39 is 0 Å². The van der Waals surface area contributed by atoms with Gasteiger partial charge in [0.2, 0.25) is 0 Å². The fourth-order valence-electron chi connectivity index (χ4n) is 5.15. The Hall–Kier alpha value is 0.440. The molecule has 0 aliphatic rings. The molecule has 32 heavy (non-hydrogen) atoms. The van der Waals surface area contributed by atoms with Crippen LogP contribution in [0, 0.1) is 0 Å². The van der Waals surface area contributed by atoms with Crippen LogP contribution in [-0.2, 0) is 0 Å². The molecule has 0 aliphatic carbocycles. The minimum absolute atomic E-state index is 0. The highest BCUT2D eigenvalue weighted by atomic mass is 79.9. The van der Waals surface area contributed by atoms with Gasteiger partial charge in [0.15, 0.2) is 0 Å². The Kier molecular flexibility index (Phi) is 29.9. The average Bonchev–Trinajstić information content (AvgIpc) is 2.79. The van der Waals surface area contributed by atoms with Crippen LogP contribution in [0.2, 0.25) is 0 Å². The van der Waals surface area contributed by atoms with E-state index in [0.29, 0.717) is 0 Å². The molecule has 0 aromatic carbocycles. The van der Waals surface area contributed by atoms with Crippen molar-refractivity contribution in [3.05, 3.63) is 0 Å². The van der Waals surface area contributed by atoms with Crippen LogP contribution in [-0.4, -0.2) is 30.7 Å². The van der Waals surface area contributed by atoms with Crippen LogP contribution in [0.15, 0.2) is 0 Å². The quantitative estimate of drug-likeness (QED) is 0.0823. The van der Waals surface area contributed by atoms with Gasteiger partial charge in [0.25, 0.3) is 0 Å². The molecule has 0 bridgehead atoms. The van der Waals surface area contributed by atoms with Crippen LogP contribution in [0.1, 0.15) is 169 Å². The highest BCUT2D eigenvalue weighted by molar-refractivity contribution is 4.53. The lowest BCUT2D eigenvalue weighted by molar-refractivity contribution is -0.929. The number of nitrogens with zero attached hydrogens (tertiary/aromatic N) is 1. The van der Waals surface area contributed by atoms with E-state index in [2.05, 4.69) is 27.7 Å². The first-order chi connectivity index (χ1) is 15.2. The number of quaternary nitrogens is 1. The molecule has 0 heterocycles. The molecule has 0 N–H and O–H groups in total. The SMILES string of the molecule is CCCCCCCCCCCCCCCCCC[N+](CCCC)(CCCC)CCCC.[Br-]. The summed E-state index contributed by atoms with van der Waals surface area (Å²) in [5.74, 6) is 0. The van der Waals surface area contributed by atoms with Gasteiger partial charge in [-0.2, -0.15) is 0 Å². The largest absolute Gasteiger partial charge is 1.00 e. The Morgan fingerprint density at radius 1 is 0.281 bits per heavy atom. The maximum absolute atomic E-state index is 2.36. The Morgan fingerprint density at radius 2 is 0.500 bits per heavy atom. The molecule has 0 saturated carbocycles. The van der Waals surface area contributed by atoms with Crippen LogP contribution in [0.4, 0.5) is 0 Å². The average molecular weight is 519 g/mol. The minimum atomic E-state index is 0. The molecule has 0 saturated heterocycles. The lowest BCUT2D eigenvalue weighted by Gasteiger charge is -2.39. The maximum atomic E-state index is 2.36. The second kappa shape index (κ2) is 27.7. The van der Waals surface area contributed by atoms with Crippen LogP contribution in [0.25, 0.3) is 0 Å². The van der Waals surface area contributed by atoms with Crippen molar-refractivity contribution in [2.24, 2.45) is 0 Å². The number of halogens is 1. The third kappa shape index (κ3) is 22.2. The Morgan fingerprint density at radius 3 is 0.781 bits per heavy atom. The van der Waals surface area contributed by atoms with E-state index in [-0.39, 0.29) is 17.0 Å². The summed E-state index contributed by atoms with van der Waals surface area (Å²) < 4.78 is 1.44. The van der Waals surface area contributed by atoms with Crippen molar-refractivity contribution in [2.45, 2.75) is 169 Å². The third-order valence-corrected chi connectivity index (χ3v) is 7.44. The van der Waals surface area contributed by atoms with Crippen molar-refractivity contribution in [3.8, 4) is 0 Å². The molecular weight excluding hydrogens is 454 g/mol. The highest BCUT2D eigenvalue weighted by Crippen LogP contribution is 2.18. The zero-order valence-corrected chi connectivity index (χ0v) is 24.8. The summed E-state index contributed by atoms with van der Waals surface area (Å²) in [7, 11) is 0. The lowest BCUT2D eigenvalue weighted by atomic mass is 10.0. The van der Waals surface area contributed by atoms with Gasteiger partial charge in [0, 0.05) is 0 Å². The smallest absolute Gasteiger partial charge is 0.0786 e. The molecular formula is C30H64BrN. The zero-order valence-electron chi connectivity index (χ0n) is 23.2. The van der Waals surface area contributed by atoms with Gasteiger partial charge in [-0.25, -0.2) is 0 Å². The van der Waals surface area contributed by atoms with Gasteiger partial charge in [-0.1, -0.05) is 137 Å². The number of hydrogen-bond donors (Lipinski definition) is 0. The van der Waals surface area contributed by atoms with Crippen molar-refractivity contribution in [1.29, 1.82) is 0 Å². The first-order valence-electron chi connectivity index (χ1n) is 15.1. The highest BCUT2D eigenvalue weighted by Gasteiger charge is 2.24. The molecule has 0 amide bonds. The van der Waals surface area contributed by atoms with Gasteiger partial charge in [0.1, 0.15) is 0 Å². The van der Waals surface area contributed by atoms with Crippen molar-refractivity contribution < 1.29 is 21.5 Å². The molecule has 0 spiro atoms. The maximum Gasteiger partial charge on any atom is 0.0786 e. The van der Waals surface area contributed by atoms with Gasteiger partial charge < -0.3 is 21.5 Å². The molecule has 0 unspecified atom stereocenters. The molecule has 0 rings (SSSR count). The van der Waals surface area contributed by atoms with Crippen molar-refractivity contribution in [3.63, 3.8) is 0 Å². The Labute approximate surface area is 216 Å². The van der Waals surface area contributed by atoms with Crippen LogP contribution in [0.5, 0.6) is 0 Å². The fourth-order valence-corrected chi connectivity index (χ4v) is 5.15. The number of rotatable bonds is 26. The predicted octanol–water partition coefficient (Wildman–Crippen LogP) is 7.47. The summed E-state index contributed by atoms with van der Waals surface area (Å²) in [6.07, 6.45) is 31.9. The van der Waals surface area contributed by atoms with E-state index in [9.17, 15) is 0 Å². The van der Waals surface area contributed by atoms with Crippen molar-refractivity contribution >= 4 is 0 Å². The first kappa shape index (κ1) is 34.6. The molecule has 0 aliphatic heterocycles.